The number of hydrogen-bond donors (Lipinski definition) is 1. The zero-order valence-electron chi connectivity index (χ0n) is 10.9. The predicted octanol–water partition coefficient (Wildman–Crippen LogP) is 1.18. The van der Waals surface area contributed by atoms with Crippen molar-refractivity contribution >= 4 is 5.91 Å². The van der Waals surface area contributed by atoms with Crippen molar-refractivity contribution in [3.63, 3.8) is 0 Å². The first-order valence-corrected chi connectivity index (χ1v) is 6.38. The minimum Gasteiger partial charge on any atom is -0.354 e. The van der Waals surface area contributed by atoms with Crippen molar-refractivity contribution < 1.29 is 4.79 Å². The van der Waals surface area contributed by atoms with Crippen LogP contribution < -0.4 is 5.32 Å². The normalized spacial score (nSPS) is 12.1. The number of unbranched alkanes of at least 4 members (excludes halogenated alkanes) is 1. The Labute approximate surface area is 111 Å². The first-order valence-electron chi connectivity index (χ1n) is 6.38. The molecule has 19 heavy (non-hydrogen) atoms. The lowest BCUT2D eigenvalue weighted by atomic mass is 10.1. The number of amides is 1. The van der Waals surface area contributed by atoms with Crippen LogP contribution in [-0.2, 0) is 4.79 Å². The molecule has 6 heteroatoms. The molecule has 1 amide bonds. The maximum Gasteiger partial charge on any atom is 0.249 e. The van der Waals surface area contributed by atoms with E-state index in [1.165, 1.54) is 11.0 Å². The average molecular weight is 259 g/mol. The highest BCUT2D eigenvalue weighted by atomic mass is 16.2. The number of tetrazole rings is 1. The van der Waals surface area contributed by atoms with Crippen molar-refractivity contribution in [1.82, 2.24) is 25.5 Å². The van der Waals surface area contributed by atoms with Crippen LogP contribution in [0.2, 0.25) is 0 Å². The lowest BCUT2D eigenvalue weighted by Gasteiger charge is -2.16. The van der Waals surface area contributed by atoms with Crippen molar-refractivity contribution in [3.8, 4) is 0 Å². The second-order valence-corrected chi connectivity index (χ2v) is 4.25. The summed E-state index contributed by atoms with van der Waals surface area (Å²) in [5.74, 6) is -0.0908. The minimum atomic E-state index is -0.520. The molecule has 1 aromatic carbocycles. The van der Waals surface area contributed by atoms with Gasteiger partial charge in [-0.1, -0.05) is 43.7 Å². The van der Waals surface area contributed by atoms with Gasteiger partial charge in [-0.15, -0.1) is 5.10 Å². The lowest BCUT2D eigenvalue weighted by Crippen LogP contribution is -2.34. The SMILES string of the molecule is CCCCNC(=O)[C@@H](c1ccccc1)n1cnnn1. The summed E-state index contributed by atoms with van der Waals surface area (Å²) < 4.78 is 1.47. The van der Waals surface area contributed by atoms with Gasteiger partial charge in [0.05, 0.1) is 0 Å². The van der Waals surface area contributed by atoms with Crippen molar-refractivity contribution in [3.05, 3.63) is 42.2 Å². The summed E-state index contributed by atoms with van der Waals surface area (Å²) in [7, 11) is 0. The Morgan fingerprint density at radius 1 is 1.37 bits per heavy atom. The molecule has 0 unspecified atom stereocenters. The zero-order chi connectivity index (χ0) is 13.5. The van der Waals surface area contributed by atoms with E-state index in [1.54, 1.807) is 0 Å². The molecule has 100 valence electrons. The predicted molar refractivity (Wildman–Crippen MR) is 70.3 cm³/mol. The Kier molecular flexibility index (Phi) is 4.60. The van der Waals surface area contributed by atoms with Gasteiger partial charge in [0.1, 0.15) is 6.33 Å². The zero-order valence-corrected chi connectivity index (χ0v) is 10.9. The molecule has 1 heterocycles. The highest BCUT2D eigenvalue weighted by molar-refractivity contribution is 5.83. The van der Waals surface area contributed by atoms with Gasteiger partial charge in [0.15, 0.2) is 6.04 Å². The van der Waals surface area contributed by atoms with Crippen LogP contribution in [0.5, 0.6) is 0 Å². The van der Waals surface area contributed by atoms with Gasteiger partial charge in [-0.05, 0) is 22.4 Å². The van der Waals surface area contributed by atoms with Crippen LogP contribution in [0.4, 0.5) is 0 Å². The fourth-order valence-electron chi connectivity index (χ4n) is 1.83. The van der Waals surface area contributed by atoms with E-state index < -0.39 is 6.04 Å². The summed E-state index contributed by atoms with van der Waals surface area (Å²) in [6.45, 7) is 2.75. The molecule has 0 aliphatic rings. The van der Waals surface area contributed by atoms with Gasteiger partial charge >= 0.3 is 0 Å². The Morgan fingerprint density at radius 3 is 2.79 bits per heavy atom. The van der Waals surface area contributed by atoms with Crippen molar-refractivity contribution in [2.24, 2.45) is 0 Å². The van der Waals surface area contributed by atoms with Gasteiger partial charge in [-0.2, -0.15) is 0 Å². The second kappa shape index (κ2) is 6.63. The summed E-state index contributed by atoms with van der Waals surface area (Å²) in [6.07, 6.45) is 3.46. The molecule has 0 radical (unpaired) electrons. The maximum absolute atomic E-state index is 12.3. The van der Waals surface area contributed by atoms with Crippen LogP contribution in [-0.4, -0.2) is 32.7 Å². The first kappa shape index (κ1) is 13.2. The largest absolute Gasteiger partial charge is 0.354 e. The molecular formula is C13H17N5O. The van der Waals surface area contributed by atoms with Crippen LogP contribution in [0, 0.1) is 0 Å². The van der Waals surface area contributed by atoms with Crippen LogP contribution in [0.15, 0.2) is 36.7 Å². The van der Waals surface area contributed by atoms with Gasteiger partial charge in [-0.25, -0.2) is 4.68 Å². The van der Waals surface area contributed by atoms with Gasteiger partial charge in [-0.3, -0.25) is 4.79 Å². The number of nitrogens with zero attached hydrogens (tertiary/aromatic N) is 4. The van der Waals surface area contributed by atoms with Gasteiger partial charge in [0.25, 0.3) is 0 Å². The molecule has 2 aromatic rings. The third kappa shape index (κ3) is 3.37. The average Bonchev–Trinajstić information content (AvgIpc) is 2.94. The molecule has 0 aliphatic carbocycles. The maximum atomic E-state index is 12.3. The van der Waals surface area contributed by atoms with E-state index in [0.29, 0.717) is 6.54 Å². The monoisotopic (exact) mass is 259 g/mol. The highest BCUT2D eigenvalue weighted by Crippen LogP contribution is 2.16. The molecule has 0 bridgehead atoms. The van der Waals surface area contributed by atoms with Crippen LogP contribution >= 0.6 is 0 Å². The second-order valence-electron chi connectivity index (χ2n) is 4.25. The van der Waals surface area contributed by atoms with Crippen LogP contribution in [0.25, 0.3) is 0 Å². The summed E-state index contributed by atoms with van der Waals surface area (Å²) in [5.41, 5.74) is 0.865. The van der Waals surface area contributed by atoms with E-state index in [4.69, 9.17) is 0 Å². The van der Waals surface area contributed by atoms with E-state index in [1.807, 2.05) is 30.3 Å². The topological polar surface area (TPSA) is 72.7 Å². The van der Waals surface area contributed by atoms with Gasteiger partial charge in [0, 0.05) is 6.54 Å². The summed E-state index contributed by atoms with van der Waals surface area (Å²) >= 11 is 0. The van der Waals surface area contributed by atoms with E-state index in [-0.39, 0.29) is 5.91 Å². The minimum absolute atomic E-state index is 0.0908. The quantitative estimate of drug-likeness (QED) is 0.791. The van der Waals surface area contributed by atoms with Crippen LogP contribution in [0.3, 0.4) is 0 Å². The molecule has 1 aromatic heterocycles. The van der Waals surface area contributed by atoms with E-state index >= 15 is 0 Å². The smallest absolute Gasteiger partial charge is 0.249 e. The third-order valence-electron chi connectivity index (χ3n) is 2.82. The Balaban J connectivity index is 2.18. The van der Waals surface area contributed by atoms with E-state index in [2.05, 4.69) is 27.8 Å². The molecule has 6 nitrogen and oxygen atoms in total. The number of carbonyl (C=O) groups excluding carboxylic acids is 1. The molecule has 2 rings (SSSR count). The number of carbonyl (C=O) groups is 1. The van der Waals surface area contributed by atoms with Crippen molar-refractivity contribution in [1.29, 1.82) is 0 Å². The van der Waals surface area contributed by atoms with Gasteiger partial charge < -0.3 is 5.32 Å². The molecule has 0 aliphatic heterocycles. The van der Waals surface area contributed by atoms with Crippen molar-refractivity contribution in [2.45, 2.75) is 25.8 Å². The van der Waals surface area contributed by atoms with E-state index in [0.717, 1.165) is 18.4 Å². The Morgan fingerprint density at radius 2 is 2.16 bits per heavy atom. The molecule has 0 saturated carbocycles. The Bertz CT molecular complexity index is 497. The number of rotatable bonds is 6. The molecule has 0 saturated heterocycles. The van der Waals surface area contributed by atoms with Crippen LogP contribution in [0.1, 0.15) is 31.4 Å². The number of nitrogens with one attached hydrogen (secondary N) is 1. The standard InChI is InChI=1S/C13H17N5O/c1-2-3-9-14-13(19)12(18-10-15-16-17-18)11-7-5-4-6-8-11/h4-8,10,12H,2-3,9H2,1H3,(H,14,19)/t12-/m1/s1. The van der Waals surface area contributed by atoms with Gasteiger partial charge in [0.2, 0.25) is 5.91 Å². The molecule has 1 N–H and O–H groups in total. The number of benzene rings is 1. The van der Waals surface area contributed by atoms with Crippen molar-refractivity contribution in [2.75, 3.05) is 6.54 Å². The summed E-state index contributed by atoms with van der Waals surface area (Å²) in [6, 6.07) is 8.97. The molecule has 1 atom stereocenters. The van der Waals surface area contributed by atoms with E-state index in [9.17, 15) is 4.79 Å². The number of hydrogen-bond acceptors (Lipinski definition) is 4. The fourth-order valence-corrected chi connectivity index (χ4v) is 1.83. The lowest BCUT2D eigenvalue weighted by molar-refractivity contribution is -0.123. The molecule has 0 spiro atoms. The highest BCUT2D eigenvalue weighted by Gasteiger charge is 2.23. The Hall–Kier alpha value is -2.24. The fraction of sp³-hybridized carbons (Fsp3) is 0.385. The third-order valence-corrected chi connectivity index (χ3v) is 2.82. The summed E-state index contributed by atoms with van der Waals surface area (Å²) in [4.78, 5) is 12.3. The number of aromatic nitrogens is 4. The molecule has 0 fully saturated rings. The summed E-state index contributed by atoms with van der Waals surface area (Å²) in [5, 5.41) is 14.0. The first-order chi connectivity index (χ1) is 9.33. The molecular weight excluding hydrogens is 242 g/mol.